The SMILES string of the molecule is CCC(C)(CC(C)(CC(C)C(=O)NC(C)(C)CSOOO)C(=O)O)C(=O)OC(C)CC(O)(C(F)(F)F)C(F)(F)F. The molecule has 4 unspecified atom stereocenters. The van der Waals surface area contributed by atoms with Crippen molar-refractivity contribution in [2.45, 2.75) is 104 Å². The molecule has 0 radical (unpaired) electrons. The van der Waals surface area contributed by atoms with Gasteiger partial charge in [-0.25, -0.2) is 5.26 Å². The Kier molecular flexibility index (Phi) is 13.3. The van der Waals surface area contributed by atoms with Crippen LogP contribution in [0.2, 0.25) is 0 Å². The molecule has 0 fully saturated rings. The molecule has 0 spiro atoms. The molecule has 1 amide bonds. The maximum absolute atomic E-state index is 13.0. The van der Waals surface area contributed by atoms with Crippen LogP contribution >= 0.6 is 12.0 Å². The molecule has 4 N–H and O–H groups in total. The highest BCUT2D eigenvalue weighted by molar-refractivity contribution is 7.94. The van der Waals surface area contributed by atoms with E-state index in [0.717, 1.165) is 6.92 Å². The zero-order valence-corrected chi connectivity index (χ0v) is 24.0. The molecule has 0 aliphatic carbocycles. The Bertz CT molecular complexity index is 872. The number of carboxylic acid groups (broad SMARTS) is 1. The molecule has 0 rings (SSSR count). The first kappa shape index (κ1) is 38.2. The number of nitrogens with one attached hydrogen (secondary N) is 1. The van der Waals surface area contributed by atoms with Gasteiger partial charge in [0.1, 0.15) is 6.10 Å². The quantitative estimate of drug-likeness (QED) is 0.0462. The molecular weight excluding hydrogens is 580 g/mol. The van der Waals surface area contributed by atoms with Crippen molar-refractivity contribution in [3.05, 3.63) is 0 Å². The number of alkyl halides is 6. The normalized spacial score (nSPS) is 17.8. The van der Waals surface area contributed by atoms with Crippen molar-refractivity contribution in [3.8, 4) is 0 Å². The summed E-state index contributed by atoms with van der Waals surface area (Å²) in [5.74, 6) is -4.03. The minimum atomic E-state index is -6.11. The molecule has 0 bridgehead atoms. The maximum Gasteiger partial charge on any atom is 0.426 e. The first-order valence-corrected chi connectivity index (χ1v) is 12.9. The average Bonchev–Trinajstić information content (AvgIpc) is 2.76. The predicted octanol–water partition coefficient (Wildman–Crippen LogP) is 5.05. The number of hydrogen-bond acceptors (Lipinski definition) is 9. The number of carbonyl (C=O) groups excluding carboxylic acids is 2. The Morgan fingerprint density at radius 2 is 1.43 bits per heavy atom. The third-order valence-corrected chi connectivity index (χ3v) is 7.56. The number of carbonyl (C=O) groups is 3. The lowest BCUT2D eigenvalue weighted by Crippen LogP contribution is -2.58. The van der Waals surface area contributed by atoms with Crippen molar-refractivity contribution >= 4 is 29.9 Å². The fourth-order valence-electron chi connectivity index (χ4n) is 4.07. The van der Waals surface area contributed by atoms with E-state index in [9.17, 15) is 50.9 Å². The molecule has 0 heterocycles. The smallest absolute Gasteiger partial charge is 0.426 e. The Morgan fingerprint density at radius 1 is 0.925 bits per heavy atom. The second-order valence-electron chi connectivity index (χ2n) is 11.1. The number of aliphatic hydroxyl groups is 1. The largest absolute Gasteiger partial charge is 0.481 e. The monoisotopic (exact) mass is 617 g/mol. The van der Waals surface area contributed by atoms with Gasteiger partial charge in [0, 0.05) is 35.7 Å². The first-order chi connectivity index (χ1) is 17.8. The molecule has 10 nitrogen and oxygen atoms in total. The van der Waals surface area contributed by atoms with E-state index in [1.165, 1.54) is 27.7 Å². The molecule has 0 saturated heterocycles. The number of rotatable bonds is 16. The van der Waals surface area contributed by atoms with E-state index in [1.54, 1.807) is 13.8 Å². The van der Waals surface area contributed by atoms with Crippen LogP contribution in [-0.2, 0) is 28.5 Å². The summed E-state index contributed by atoms with van der Waals surface area (Å²) >= 11 is 0.684. The van der Waals surface area contributed by atoms with Gasteiger partial charge in [-0.2, -0.15) is 26.3 Å². The van der Waals surface area contributed by atoms with Crippen molar-refractivity contribution in [2.75, 3.05) is 5.75 Å². The van der Waals surface area contributed by atoms with Crippen LogP contribution < -0.4 is 5.32 Å². The molecule has 236 valence electrons. The van der Waals surface area contributed by atoms with Crippen molar-refractivity contribution in [1.29, 1.82) is 0 Å². The van der Waals surface area contributed by atoms with E-state index in [4.69, 9.17) is 9.99 Å². The molecule has 0 aromatic carbocycles. The van der Waals surface area contributed by atoms with Crippen molar-refractivity contribution in [3.63, 3.8) is 0 Å². The highest BCUT2D eigenvalue weighted by Gasteiger charge is 2.70. The molecule has 0 aromatic heterocycles. The van der Waals surface area contributed by atoms with Gasteiger partial charge in [-0.3, -0.25) is 14.4 Å². The van der Waals surface area contributed by atoms with Crippen LogP contribution in [-0.4, -0.2) is 68.7 Å². The van der Waals surface area contributed by atoms with E-state index in [0.29, 0.717) is 12.0 Å². The standard InChI is InChI=1S/C23H37F6NO9S/c1-8-19(6,17(34)37-14(3)10-21(35,22(24,25)26)23(27,28)29)11-20(7,16(32)33)9-13(2)15(31)30-18(4,5)12-40-39-38-36/h13-14,35-36H,8-12H2,1-7H3,(H,30,31)(H,32,33). The third kappa shape index (κ3) is 10.2. The zero-order chi connectivity index (χ0) is 32.0. The predicted molar refractivity (Wildman–Crippen MR) is 129 cm³/mol. The lowest BCUT2D eigenvalue weighted by Gasteiger charge is -2.38. The Morgan fingerprint density at radius 3 is 1.82 bits per heavy atom. The molecule has 0 saturated carbocycles. The van der Waals surface area contributed by atoms with E-state index in [-0.39, 0.29) is 18.6 Å². The van der Waals surface area contributed by atoms with Gasteiger partial charge in [0.25, 0.3) is 5.60 Å². The second-order valence-corrected chi connectivity index (χ2v) is 11.8. The van der Waals surface area contributed by atoms with Gasteiger partial charge < -0.3 is 20.3 Å². The number of halogens is 6. The fraction of sp³-hybridized carbons (Fsp3) is 0.870. The first-order valence-electron chi connectivity index (χ1n) is 12.0. The highest BCUT2D eigenvalue weighted by Crippen LogP contribution is 2.47. The van der Waals surface area contributed by atoms with E-state index in [1.807, 2.05) is 0 Å². The van der Waals surface area contributed by atoms with Crippen molar-refractivity contribution < 1.29 is 70.3 Å². The van der Waals surface area contributed by atoms with Crippen LogP contribution in [0, 0.1) is 16.7 Å². The second kappa shape index (κ2) is 13.9. The van der Waals surface area contributed by atoms with Gasteiger partial charge in [0.2, 0.25) is 5.91 Å². The minimum Gasteiger partial charge on any atom is -0.481 e. The summed E-state index contributed by atoms with van der Waals surface area (Å²) < 4.78 is 87.4. The molecule has 0 aliphatic rings. The lowest BCUT2D eigenvalue weighted by molar-refractivity contribution is -0.432. The summed E-state index contributed by atoms with van der Waals surface area (Å²) in [7, 11) is 0. The summed E-state index contributed by atoms with van der Waals surface area (Å²) in [4.78, 5) is 38.0. The summed E-state index contributed by atoms with van der Waals surface area (Å²) in [6.45, 7) is 9.37. The van der Waals surface area contributed by atoms with Crippen molar-refractivity contribution in [2.24, 2.45) is 16.7 Å². The van der Waals surface area contributed by atoms with Crippen LogP contribution in [0.1, 0.15) is 74.1 Å². The van der Waals surface area contributed by atoms with Gasteiger partial charge >= 0.3 is 24.3 Å². The summed E-state index contributed by atoms with van der Waals surface area (Å²) in [6, 6.07) is 0. The third-order valence-electron chi connectivity index (χ3n) is 6.56. The zero-order valence-electron chi connectivity index (χ0n) is 23.2. The Hall–Kier alpha value is -1.82. The summed E-state index contributed by atoms with van der Waals surface area (Å²) in [5, 5.41) is 33.7. The average molecular weight is 618 g/mol. The number of aliphatic carboxylic acids is 1. The fourth-order valence-corrected chi connectivity index (χ4v) is 4.52. The highest BCUT2D eigenvalue weighted by atomic mass is 32.2. The van der Waals surface area contributed by atoms with Gasteiger partial charge in [0.15, 0.2) is 0 Å². The van der Waals surface area contributed by atoms with Gasteiger partial charge in [-0.15, -0.1) is 4.33 Å². The lowest BCUT2D eigenvalue weighted by atomic mass is 9.68. The Balaban J connectivity index is 5.75. The molecule has 0 aliphatic heterocycles. The van der Waals surface area contributed by atoms with Crippen LogP contribution in [0.4, 0.5) is 26.3 Å². The molecule has 17 heteroatoms. The summed E-state index contributed by atoms with van der Waals surface area (Å²) in [5.41, 5.74) is -9.47. The summed E-state index contributed by atoms with van der Waals surface area (Å²) in [6.07, 6.45) is -17.2. The molecule has 4 atom stereocenters. The number of amides is 1. The van der Waals surface area contributed by atoms with Crippen LogP contribution in [0.25, 0.3) is 0 Å². The van der Waals surface area contributed by atoms with Gasteiger partial charge in [-0.1, -0.05) is 18.9 Å². The topological polar surface area (TPSA) is 152 Å². The van der Waals surface area contributed by atoms with E-state index >= 15 is 0 Å². The molecule has 0 aromatic rings. The number of esters is 1. The van der Waals surface area contributed by atoms with Crippen LogP contribution in [0.3, 0.4) is 0 Å². The number of ether oxygens (including phenoxy) is 1. The number of hydrogen-bond donors (Lipinski definition) is 4. The molecule has 40 heavy (non-hydrogen) atoms. The minimum absolute atomic E-state index is 0.109. The Labute approximate surface area is 232 Å². The van der Waals surface area contributed by atoms with Gasteiger partial charge in [0.05, 0.1) is 10.8 Å². The van der Waals surface area contributed by atoms with E-state index in [2.05, 4.69) is 14.7 Å². The van der Waals surface area contributed by atoms with Crippen LogP contribution in [0.15, 0.2) is 0 Å². The molecular formula is C23H37F6NO9S. The number of carboxylic acids is 1. The van der Waals surface area contributed by atoms with Crippen LogP contribution in [0.5, 0.6) is 0 Å². The van der Waals surface area contributed by atoms with Crippen molar-refractivity contribution in [1.82, 2.24) is 5.32 Å². The van der Waals surface area contributed by atoms with Gasteiger partial charge in [-0.05, 0) is 53.9 Å². The maximum atomic E-state index is 13.0. The van der Waals surface area contributed by atoms with E-state index < -0.39 is 77.0 Å².